The van der Waals surface area contributed by atoms with Gasteiger partial charge in [-0.3, -0.25) is 0 Å². The second-order valence-electron chi connectivity index (χ2n) is 4.50. The predicted octanol–water partition coefficient (Wildman–Crippen LogP) is 1.83. The molecule has 1 N–H and O–H groups in total. The van der Waals surface area contributed by atoms with E-state index in [1.807, 2.05) is 30.3 Å². The van der Waals surface area contributed by atoms with Gasteiger partial charge < -0.3 is 14.6 Å². The van der Waals surface area contributed by atoms with E-state index in [1.54, 1.807) is 6.08 Å². The van der Waals surface area contributed by atoms with Crippen molar-refractivity contribution in [1.29, 1.82) is 0 Å². The summed E-state index contributed by atoms with van der Waals surface area (Å²) < 4.78 is 10.5. The van der Waals surface area contributed by atoms with E-state index in [0.29, 0.717) is 13.0 Å². The Morgan fingerprint density at radius 1 is 1.42 bits per heavy atom. The Kier molecular flexibility index (Phi) is 5.12. The molecule has 2 atom stereocenters. The van der Waals surface area contributed by atoms with Crippen molar-refractivity contribution in [3.8, 4) is 0 Å². The van der Waals surface area contributed by atoms with Crippen molar-refractivity contribution in [2.75, 3.05) is 6.61 Å². The Morgan fingerprint density at radius 3 is 2.95 bits per heavy atom. The molecule has 0 bridgehead atoms. The van der Waals surface area contributed by atoms with Gasteiger partial charge >= 0.3 is 5.97 Å². The molecule has 1 fully saturated rings. The van der Waals surface area contributed by atoms with Gasteiger partial charge in [0.15, 0.2) is 0 Å². The van der Waals surface area contributed by atoms with Gasteiger partial charge in [-0.2, -0.15) is 0 Å². The molecule has 0 aliphatic carbocycles. The highest BCUT2D eigenvalue weighted by atomic mass is 16.5. The lowest BCUT2D eigenvalue weighted by atomic mass is 10.1. The summed E-state index contributed by atoms with van der Waals surface area (Å²) in [5, 5.41) is 9.66. The van der Waals surface area contributed by atoms with Crippen molar-refractivity contribution in [2.45, 2.75) is 31.7 Å². The third kappa shape index (κ3) is 4.50. The summed E-state index contributed by atoms with van der Waals surface area (Å²) in [7, 11) is 0. The van der Waals surface area contributed by atoms with Crippen LogP contribution in [0, 0.1) is 0 Å². The number of benzene rings is 1. The second-order valence-corrected chi connectivity index (χ2v) is 4.50. The van der Waals surface area contributed by atoms with Gasteiger partial charge in [-0.25, -0.2) is 4.79 Å². The fourth-order valence-electron chi connectivity index (χ4n) is 1.92. The lowest BCUT2D eigenvalue weighted by molar-refractivity contribution is -0.139. The SMILES string of the molecule is O=C(/C=C/[C@H]1OCCC[C@H]1O)OCc1ccccc1. The van der Waals surface area contributed by atoms with Crippen LogP contribution in [0.5, 0.6) is 0 Å². The summed E-state index contributed by atoms with van der Waals surface area (Å²) in [6.45, 7) is 0.864. The molecule has 4 nitrogen and oxygen atoms in total. The quantitative estimate of drug-likeness (QED) is 0.664. The van der Waals surface area contributed by atoms with Crippen molar-refractivity contribution >= 4 is 5.97 Å². The van der Waals surface area contributed by atoms with Crippen LogP contribution in [0.4, 0.5) is 0 Å². The number of aliphatic hydroxyl groups excluding tert-OH is 1. The van der Waals surface area contributed by atoms with E-state index < -0.39 is 18.2 Å². The number of carbonyl (C=O) groups excluding carboxylic acids is 1. The molecule has 1 aromatic carbocycles. The van der Waals surface area contributed by atoms with Gasteiger partial charge in [0.1, 0.15) is 12.7 Å². The molecule has 19 heavy (non-hydrogen) atoms. The summed E-state index contributed by atoms with van der Waals surface area (Å²) in [5.74, 6) is -0.426. The Morgan fingerprint density at radius 2 is 2.21 bits per heavy atom. The first-order chi connectivity index (χ1) is 9.25. The molecule has 4 heteroatoms. The fourth-order valence-corrected chi connectivity index (χ4v) is 1.92. The first-order valence-corrected chi connectivity index (χ1v) is 6.44. The topological polar surface area (TPSA) is 55.8 Å². The largest absolute Gasteiger partial charge is 0.458 e. The number of hydrogen-bond donors (Lipinski definition) is 1. The molecule has 0 saturated carbocycles. The zero-order valence-corrected chi connectivity index (χ0v) is 10.7. The van der Waals surface area contributed by atoms with Crippen molar-refractivity contribution in [3.05, 3.63) is 48.0 Å². The number of carbonyl (C=O) groups is 1. The average molecular weight is 262 g/mol. The molecule has 2 rings (SSSR count). The molecule has 1 aliphatic rings. The van der Waals surface area contributed by atoms with Crippen LogP contribution in [0.25, 0.3) is 0 Å². The lowest BCUT2D eigenvalue weighted by Gasteiger charge is -2.25. The minimum atomic E-state index is -0.535. The van der Waals surface area contributed by atoms with E-state index in [1.165, 1.54) is 6.08 Å². The fraction of sp³-hybridized carbons (Fsp3) is 0.400. The van der Waals surface area contributed by atoms with E-state index in [2.05, 4.69) is 0 Å². The maximum Gasteiger partial charge on any atom is 0.330 e. The van der Waals surface area contributed by atoms with E-state index in [9.17, 15) is 9.90 Å². The molecule has 0 spiro atoms. The first kappa shape index (κ1) is 13.8. The minimum absolute atomic E-state index is 0.248. The van der Waals surface area contributed by atoms with Gasteiger partial charge in [0.25, 0.3) is 0 Å². The van der Waals surface area contributed by atoms with Gasteiger partial charge in [-0.15, -0.1) is 0 Å². The van der Waals surface area contributed by atoms with E-state index in [-0.39, 0.29) is 6.61 Å². The Hall–Kier alpha value is -1.65. The minimum Gasteiger partial charge on any atom is -0.458 e. The molecule has 1 aromatic rings. The molecule has 1 heterocycles. The maximum absolute atomic E-state index is 11.5. The molecule has 0 amide bonds. The van der Waals surface area contributed by atoms with Gasteiger partial charge in [-0.05, 0) is 24.5 Å². The molecule has 0 unspecified atom stereocenters. The summed E-state index contributed by atoms with van der Waals surface area (Å²) >= 11 is 0. The number of ether oxygens (including phenoxy) is 2. The number of esters is 1. The van der Waals surface area contributed by atoms with E-state index in [0.717, 1.165) is 12.0 Å². The van der Waals surface area contributed by atoms with Crippen LogP contribution in [0.2, 0.25) is 0 Å². The van der Waals surface area contributed by atoms with Crippen LogP contribution in [0.3, 0.4) is 0 Å². The molecule has 102 valence electrons. The third-order valence-electron chi connectivity index (χ3n) is 2.98. The van der Waals surface area contributed by atoms with Crippen molar-refractivity contribution in [2.24, 2.45) is 0 Å². The summed E-state index contributed by atoms with van der Waals surface area (Å²) in [6.07, 6.45) is 3.50. The Labute approximate surface area is 112 Å². The molecular weight excluding hydrogens is 244 g/mol. The summed E-state index contributed by atoms with van der Waals surface area (Å²) in [5.41, 5.74) is 0.943. The maximum atomic E-state index is 11.5. The van der Waals surface area contributed by atoms with Crippen molar-refractivity contribution in [1.82, 2.24) is 0 Å². The molecule has 1 aliphatic heterocycles. The first-order valence-electron chi connectivity index (χ1n) is 6.44. The highest BCUT2D eigenvalue weighted by Crippen LogP contribution is 2.14. The van der Waals surface area contributed by atoms with Crippen LogP contribution >= 0.6 is 0 Å². The Balaban J connectivity index is 1.77. The van der Waals surface area contributed by atoms with Gasteiger partial charge in [-0.1, -0.05) is 30.3 Å². The Bertz CT molecular complexity index is 427. The number of aliphatic hydroxyl groups is 1. The molecule has 0 radical (unpaired) electrons. The highest BCUT2D eigenvalue weighted by molar-refractivity contribution is 5.82. The van der Waals surface area contributed by atoms with E-state index in [4.69, 9.17) is 9.47 Å². The number of hydrogen-bond acceptors (Lipinski definition) is 4. The smallest absolute Gasteiger partial charge is 0.330 e. The van der Waals surface area contributed by atoms with Crippen LogP contribution in [0.1, 0.15) is 18.4 Å². The second kappa shape index (κ2) is 7.07. The normalized spacial score (nSPS) is 23.4. The van der Waals surface area contributed by atoms with Gasteiger partial charge in [0.05, 0.1) is 6.10 Å². The van der Waals surface area contributed by atoms with Gasteiger partial charge in [0, 0.05) is 12.7 Å². The molecule has 1 saturated heterocycles. The standard InChI is InChI=1S/C15H18O4/c16-13-7-4-10-18-14(13)8-9-15(17)19-11-12-5-2-1-3-6-12/h1-3,5-6,8-9,13-14,16H,4,7,10-11H2/b9-8+/t13-,14-/m1/s1. The van der Waals surface area contributed by atoms with E-state index >= 15 is 0 Å². The van der Waals surface area contributed by atoms with Crippen LogP contribution < -0.4 is 0 Å². The highest BCUT2D eigenvalue weighted by Gasteiger charge is 2.21. The van der Waals surface area contributed by atoms with Crippen molar-refractivity contribution in [3.63, 3.8) is 0 Å². The van der Waals surface area contributed by atoms with Crippen LogP contribution in [-0.4, -0.2) is 29.9 Å². The zero-order valence-electron chi connectivity index (χ0n) is 10.7. The number of rotatable bonds is 4. The van der Waals surface area contributed by atoms with Crippen LogP contribution in [-0.2, 0) is 20.9 Å². The zero-order chi connectivity index (χ0) is 13.5. The summed E-state index contributed by atoms with van der Waals surface area (Å²) in [6, 6.07) is 9.49. The molecule has 0 aromatic heterocycles. The average Bonchev–Trinajstić information content (AvgIpc) is 2.45. The summed E-state index contributed by atoms with van der Waals surface area (Å²) in [4.78, 5) is 11.5. The van der Waals surface area contributed by atoms with Crippen LogP contribution in [0.15, 0.2) is 42.5 Å². The monoisotopic (exact) mass is 262 g/mol. The lowest BCUT2D eigenvalue weighted by Crippen LogP contribution is -2.32. The third-order valence-corrected chi connectivity index (χ3v) is 2.98. The predicted molar refractivity (Wildman–Crippen MR) is 70.4 cm³/mol. The van der Waals surface area contributed by atoms with Crippen molar-refractivity contribution < 1.29 is 19.4 Å². The van der Waals surface area contributed by atoms with Gasteiger partial charge in [0.2, 0.25) is 0 Å². The molecular formula is C15H18O4.